The number of hydrogen-bond acceptors (Lipinski definition) is 7. The van der Waals surface area contributed by atoms with Gasteiger partial charge < -0.3 is 29.4 Å². The van der Waals surface area contributed by atoms with Crippen LogP contribution in [0.3, 0.4) is 0 Å². The molecule has 8 heteroatoms. The number of aromatic nitrogens is 1. The maximum Gasteiger partial charge on any atom is 0.454 e. The number of pyridine rings is 1. The van der Waals surface area contributed by atoms with Crippen molar-refractivity contribution in [2.45, 2.75) is 38.6 Å². The lowest BCUT2D eigenvalue weighted by atomic mass is 9.75. The number of hydrogen-bond donors (Lipinski definition) is 3. The normalized spacial score (nSPS) is 13.0. The van der Waals surface area contributed by atoms with Crippen molar-refractivity contribution in [3.8, 4) is 22.6 Å². The molecule has 1 aromatic heterocycles. The number of nitrogens with zero attached hydrogens (tertiary/aromatic N) is 1. The van der Waals surface area contributed by atoms with Crippen molar-refractivity contribution >= 4 is 7.12 Å². The molecule has 0 saturated carbocycles. The predicted molar refractivity (Wildman–Crippen MR) is 112 cm³/mol. The first-order valence-corrected chi connectivity index (χ1v) is 9.83. The Bertz CT molecular complexity index is 758. The number of methoxy groups -OCH3 is 1. The van der Waals surface area contributed by atoms with Crippen molar-refractivity contribution in [2.24, 2.45) is 0 Å². The van der Waals surface area contributed by atoms with E-state index in [2.05, 4.69) is 4.98 Å². The van der Waals surface area contributed by atoms with E-state index in [9.17, 15) is 15.2 Å². The van der Waals surface area contributed by atoms with E-state index in [0.717, 1.165) is 23.1 Å². The molecule has 7 nitrogen and oxygen atoms in total. The molecule has 1 aromatic carbocycles. The SMILES string of the molecule is CCCOc1cc(-c2cncc([C@H](CO)CB(O)OC[C@@H](C)O)c2)ccc1OC. The standard InChI is InChI=1S/C21H30BNO6/c1-4-7-28-21-9-16(5-6-20(21)27-3)17-8-18(12-23-11-17)19(13-24)10-22(26)29-14-15(2)25/h5-6,8-9,11-12,15,19,24-26H,4,7,10,13-14H2,1-3H3/t15-,19+/m1/s1. The Labute approximate surface area is 172 Å². The molecule has 0 aliphatic carbocycles. The van der Waals surface area contributed by atoms with Crippen LogP contribution in [0.2, 0.25) is 6.32 Å². The first-order valence-electron chi connectivity index (χ1n) is 9.83. The van der Waals surface area contributed by atoms with Gasteiger partial charge in [-0.3, -0.25) is 4.98 Å². The minimum atomic E-state index is -1.08. The Morgan fingerprint density at radius 2 is 1.93 bits per heavy atom. The maximum absolute atomic E-state index is 10.0. The molecule has 0 saturated heterocycles. The van der Waals surface area contributed by atoms with Gasteiger partial charge in [-0.15, -0.1) is 0 Å². The maximum atomic E-state index is 10.0. The number of benzene rings is 1. The molecular weight excluding hydrogens is 373 g/mol. The van der Waals surface area contributed by atoms with Crippen molar-refractivity contribution in [1.82, 2.24) is 4.98 Å². The average molecular weight is 403 g/mol. The van der Waals surface area contributed by atoms with Gasteiger partial charge in [-0.2, -0.15) is 0 Å². The van der Waals surface area contributed by atoms with Gasteiger partial charge in [0.1, 0.15) is 0 Å². The zero-order valence-electron chi connectivity index (χ0n) is 17.2. The van der Waals surface area contributed by atoms with Crippen molar-refractivity contribution in [3.05, 3.63) is 42.2 Å². The second-order valence-electron chi connectivity index (χ2n) is 6.97. The second-order valence-corrected chi connectivity index (χ2v) is 6.97. The summed E-state index contributed by atoms with van der Waals surface area (Å²) in [5, 5.41) is 29.1. The van der Waals surface area contributed by atoms with Gasteiger partial charge in [-0.25, -0.2) is 0 Å². The highest BCUT2D eigenvalue weighted by atomic mass is 16.5. The Morgan fingerprint density at radius 3 is 2.59 bits per heavy atom. The van der Waals surface area contributed by atoms with Crippen molar-refractivity contribution < 1.29 is 29.4 Å². The summed E-state index contributed by atoms with van der Waals surface area (Å²) in [4.78, 5) is 4.30. The van der Waals surface area contributed by atoms with Gasteiger partial charge in [0.2, 0.25) is 0 Å². The van der Waals surface area contributed by atoms with E-state index in [-0.39, 0.29) is 25.5 Å². The van der Waals surface area contributed by atoms with Crippen LogP contribution in [0.1, 0.15) is 31.7 Å². The lowest BCUT2D eigenvalue weighted by Crippen LogP contribution is -2.26. The minimum absolute atomic E-state index is 0.0317. The molecule has 1 heterocycles. The molecule has 2 atom stereocenters. The van der Waals surface area contributed by atoms with Crippen LogP contribution in [0.15, 0.2) is 36.7 Å². The Morgan fingerprint density at radius 1 is 1.14 bits per heavy atom. The van der Waals surface area contributed by atoms with Crippen LogP contribution in [0.4, 0.5) is 0 Å². The third kappa shape index (κ3) is 7.01. The molecule has 29 heavy (non-hydrogen) atoms. The van der Waals surface area contributed by atoms with E-state index >= 15 is 0 Å². The fraction of sp³-hybridized carbons (Fsp3) is 0.476. The largest absolute Gasteiger partial charge is 0.493 e. The van der Waals surface area contributed by atoms with Crippen molar-refractivity contribution in [1.29, 1.82) is 0 Å². The first-order chi connectivity index (χ1) is 14.0. The van der Waals surface area contributed by atoms with Gasteiger partial charge in [-0.05, 0) is 49.0 Å². The van der Waals surface area contributed by atoms with Gasteiger partial charge in [-0.1, -0.05) is 13.0 Å². The molecule has 3 N–H and O–H groups in total. The summed E-state index contributed by atoms with van der Waals surface area (Å²) in [6, 6.07) is 7.61. The fourth-order valence-corrected chi connectivity index (χ4v) is 2.90. The highest BCUT2D eigenvalue weighted by molar-refractivity contribution is 6.43. The fourth-order valence-electron chi connectivity index (χ4n) is 2.90. The van der Waals surface area contributed by atoms with Crippen LogP contribution in [0, 0.1) is 0 Å². The summed E-state index contributed by atoms with van der Waals surface area (Å²) in [6.45, 7) is 4.09. The van der Waals surface area contributed by atoms with Crippen molar-refractivity contribution in [3.63, 3.8) is 0 Å². The molecule has 158 valence electrons. The first kappa shape index (κ1) is 23.2. The summed E-state index contributed by atoms with van der Waals surface area (Å²) in [5.74, 6) is 0.983. The second kappa shape index (κ2) is 11.8. The van der Waals surface area contributed by atoms with Crippen LogP contribution >= 0.6 is 0 Å². The number of ether oxygens (including phenoxy) is 2. The van der Waals surface area contributed by atoms with Crippen LogP contribution < -0.4 is 9.47 Å². The summed E-state index contributed by atoms with van der Waals surface area (Å²) in [7, 11) is 0.521. The molecule has 0 spiro atoms. The molecule has 0 fully saturated rings. The minimum Gasteiger partial charge on any atom is -0.493 e. The molecular formula is C21H30BNO6. The molecule has 0 radical (unpaired) electrons. The summed E-state index contributed by atoms with van der Waals surface area (Å²) < 4.78 is 16.3. The zero-order chi connectivity index (χ0) is 21.2. The molecule has 2 rings (SSSR count). The van der Waals surface area contributed by atoms with Crippen LogP contribution in [0.5, 0.6) is 11.5 Å². The summed E-state index contributed by atoms with van der Waals surface area (Å²) >= 11 is 0. The van der Waals surface area contributed by atoms with Crippen LogP contribution in [0.25, 0.3) is 11.1 Å². The molecule has 0 amide bonds. The lowest BCUT2D eigenvalue weighted by Gasteiger charge is -2.18. The van der Waals surface area contributed by atoms with Gasteiger partial charge in [0.25, 0.3) is 0 Å². The van der Waals surface area contributed by atoms with Gasteiger partial charge in [0.05, 0.1) is 26.4 Å². The monoisotopic (exact) mass is 403 g/mol. The number of aliphatic hydroxyl groups excluding tert-OH is 2. The third-order valence-electron chi connectivity index (χ3n) is 4.43. The van der Waals surface area contributed by atoms with Crippen molar-refractivity contribution in [2.75, 3.05) is 26.9 Å². The van der Waals surface area contributed by atoms with E-state index in [1.54, 1.807) is 26.4 Å². The molecule has 0 aliphatic heterocycles. The Kier molecular flexibility index (Phi) is 9.40. The highest BCUT2D eigenvalue weighted by Crippen LogP contribution is 2.33. The van der Waals surface area contributed by atoms with E-state index in [1.807, 2.05) is 31.2 Å². The van der Waals surface area contributed by atoms with Gasteiger partial charge >= 0.3 is 7.12 Å². The average Bonchev–Trinajstić information content (AvgIpc) is 2.74. The Balaban J connectivity index is 2.21. The van der Waals surface area contributed by atoms with Gasteiger partial charge in [0.15, 0.2) is 11.5 Å². The summed E-state index contributed by atoms with van der Waals surface area (Å²) in [5.41, 5.74) is 2.56. The van der Waals surface area contributed by atoms with Crippen LogP contribution in [-0.2, 0) is 4.65 Å². The number of aliphatic hydroxyl groups is 2. The van der Waals surface area contributed by atoms with E-state index < -0.39 is 13.2 Å². The molecule has 0 bridgehead atoms. The van der Waals surface area contributed by atoms with Crippen LogP contribution in [-0.4, -0.2) is 60.4 Å². The van der Waals surface area contributed by atoms with E-state index in [1.165, 1.54) is 0 Å². The zero-order valence-corrected chi connectivity index (χ0v) is 17.2. The van der Waals surface area contributed by atoms with Gasteiger partial charge in [0, 0.05) is 30.5 Å². The predicted octanol–water partition coefficient (Wildman–Crippen LogP) is 2.50. The Hall–Kier alpha value is -2.13. The molecule has 0 aliphatic rings. The third-order valence-corrected chi connectivity index (χ3v) is 4.43. The molecule has 2 aromatic rings. The molecule has 0 unspecified atom stereocenters. The topological polar surface area (TPSA) is 101 Å². The quantitative estimate of drug-likeness (QED) is 0.468. The smallest absolute Gasteiger partial charge is 0.454 e. The lowest BCUT2D eigenvalue weighted by molar-refractivity contribution is 0.108. The van der Waals surface area contributed by atoms with E-state index in [4.69, 9.17) is 14.1 Å². The summed E-state index contributed by atoms with van der Waals surface area (Å²) in [6.07, 6.45) is 3.83. The number of rotatable bonds is 12. The highest BCUT2D eigenvalue weighted by Gasteiger charge is 2.22. The van der Waals surface area contributed by atoms with E-state index in [0.29, 0.717) is 18.1 Å².